The largest absolute Gasteiger partial charge is 2.00 e. The molecular weight excluding hydrogens is 356 g/mol. The van der Waals surface area contributed by atoms with Gasteiger partial charge in [0.1, 0.15) is 0 Å². The third kappa shape index (κ3) is 8.73. The van der Waals surface area contributed by atoms with E-state index in [2.05, 4.69) is 36.3 Å². The predicted octanol–water partition coefficient (Wildman–Crippen LogP) is 1.25. The summed E-state index contributed by atoms with van der Waals surface area (Å²) in [6, 6.07) is -0.00934. The predicted molar refractivity (Wildman–Crippen MR) is 97.1 cm³/mol. The molecule has 0 aromatic carbocycles. The Morgan fingerprint density at radius 3 is 2.04 bits per heavy atom. The molecule has 3 aliphatic rings. The zero-order valence-electron chi connectivity index (χ0n) is 14.8. The second kappa shape index (κ2) is 13.5. The van der Waals surface area contributed by atoms with Crippen molar-refractivity contribution >= 4 is 0 Å². The van der Waals surface area contributed by atoms with Crippen molar-refractivity contribution in [3.05, 3.63) is 63.7 Å². The molecule has 3 fully saturated rings. The van der Waals surface area contributed by atoms with E-state index in [4.69, 9.17) is 0 Å². The number of nitrogens with one attached hydrogen (secondary N) is 2. The van der Waals surface area contributed by atoms with Crippen LogP contribution in [0.25, 0.3) is 0 Å². The smallest absolute Gasteiger partial charge is 0.389 e. The van der Waals surface area contributed by atoms with Gasteiger partial charge in [-0.05, 0) is 103 Å². The molecule has 1 saturated heterocycles. The Kier molecular flexibility index (Phi) is 12.7. The van der Waals surface area contributed by atoms with Gasteiger partial charge in [-0.25, -0.2) is 0 Å². The van der Waals surface area contributed by atoms with Gasteiger partial charge in [-0.15, -0.1) is 0 Å². The van der Waals surface area contributed by atoms with E-state index in [1.165, 1.54) is 5.92 Å². The summed E-state index contributed by atoms with van der Waals surface area (Å²) < 4.78 is 0. The van der Waals surface area contributed by atoms with Gasteiger partial charge in [0.05, 0.1) is 12.2 Å². The van der Waals surface area contributed by atoms with E-state index in [0.717, 1.165) is 32.4 Å². The van der Waals surface area contributed by atoms with Gasteiger partial charge in [-0.3, -0.25) is 0 Å². The first kappa shape index (κ1) is 23.4. The minimum Gasteiger partial charge on any atom is -0.389 e. The maximum absolute atomic E-state index is 9.82. The van der Waals surface area contributed by atoms with E-state index in [9.17, 15) is 10.2 Å². The van der Waals surface area contributed by atoms with Crippen molar-refractivity contribution < 1.29 is 27.3 Å². The van der Waals surface area contributed by atoms with Gasteiger partial charge in [0.25, 0.3) is 0 Å². The molecule has 3 rings (SSSR count). The molecular formula is C20H30FeN2O2+2. The molecule has 0 unspecified atom stereocenters. The molecule has 0 aromatic heterocycles. The molecule has 4 nitrogen and oxygen atoms in total. The second-order valence-corrected chi connectivity index (χ2v) is 6.44. The first-order valence-electron chi connectivity index (χ1n) is 8.88. The van der Waals surface area contributed by atoms with Crippen LogP contribution in [-0.4, -0.2) is 47.6 Å². The summed E-state index contributed by atoms with van der Waals surface area (Å²) in [4.78, 5) is 0. The molecule has 138 valence electrons. The molecule has 0 aromatic rings. The first-order chi connectivity index (χ1) is 11.7. The third-order valence-electron chi connectivity index (χ3n) is 4.49. The Bertz CT molecular complexity index is 315. The molecule has 2 aliphatic carbocycles. The van der Waals surface area contributed by atoms with E-state index >= 15 is 0 Å². The summed E-state index contributed by atoms with van der Waals surface area (Å²) >= 11 is 0. The van der Waals surface area contributed by atoms with E-state index in [1.54, 1.807) is 0 Å². The first-order valence-corrected chi connectivity index (χ1v) is 8.88. The van der Waals surface area contributed by atoms with Crippen molar-refractivity contribution in [2.24, 2.45) is 0 Å². The Hall–Kier alpha value is 0.359. The average Bonchev–Trinajstić information content (AvgIpc) is 3.33. The van der Waals surface area contributed by atoms with Crippen LogP contribution in [0, 0.1) is 63.7 Å². The number of rotatable bonds is 7. The van der Waals surface area contributed by atoms with Crippen LogP contribution in [0.2, 0.25) is 0 Å². The molecule has 1 aliphatic heterocycles. The summed E-state index contributed by atoms with van der Waals surface area (Å²) in [5.41, 5.74) is 0. The van der Waals surface area contributed by atoms with Gasteiger partial charge in [0.2, 0.25) is 0 Å². The third-order valence-corrected chi connectivity index (χ3v) is 4.49. The topological polar surface area (TPSA) is 64.5 Å². The molecule has 10 radical (unpaired) electrons. The molecule has 0 bridgehead atoms. The van der Waals surface area contributed by atoms with Gasteiger partial charge in [0.15, 0.2) is 0 Å². The summed E-state index contributed by atoms with van der Waals surface area (Å²) in [6.07, 6.45) is 20.3. The zero-order chi connectivity index (χ0) is 17.2. The van der Waals surface area contributed by atoms with Crippen LogP contribution in [0.5, 0.6) is 0 Å². The van der Waals surface area contributed by atoms with Crippen molar-refractivity contribution in [2.75, 3.05) is 13.1 Å². The van der Waals surface area contributed by atoms with Gasteiger partial charge in [-0.1, -0.05) is 0 Å². The molecule has 25 heavy (non-hydrogen) atoms. The maximum Gasteiger partial charge on any atom is 2.00 e. The molecule has 0 amide bonds. The summed E-state index contributed by atoms with van der Waals surface area (Å²) in [5, 5.41) is 26.1. The van der Waals surface area contributed by atoms with Crippen molar-refractivity contribution in [2.45, 2.75) is 50.5 Å². The van der Waals surface area contributed by atoms with E-state index in [0.29, 0.717) is 0 Å². The average molecular weight is 386 g/mol. The van der Waals surface area contributed by atoms with Crippen molar-refractivity contribution in [3.8, 4) is 0 Å². The van der Waals surface area contributed by atoms with Gasteiger partial charge >= 0.3 is 17.1 Å². The standard InChI is InChI=1S/C15H25N2O2.C5H5.Fe/c1-11-14(18)15(19)13(17-11)8-10-16-9-4-7-12-5-2-3-6-12;1-2-4-5-3-1;/h2-3,5-6,11,13-19H,4,7-10H2,1H3;1-5H;/q;;+2/t11-,13+,14+,15-;;/m0../s1. The minimum absolute atomic E-state index is 0. The maximum atomic E-state index is 9.82. The van der Waals surface area contributed by atoms with Crippen LogP contribution in [0.3, 0.4) is 0 Å². The Labute approximate surface area is 165 Å². The Balaban J connectivity index is 0.000000448. The van der Waals surface area contributed by atoms with Crippen molar-refractivity contribution in [1.82, 2.24) is 10.6 Å². The SMILES string of the molecule is C[C@@H]1N[C@H](CCNCCC[C]2[CH][CH][CH][CH]2)[C@H](O)[C@@H]1O.[CH]1[CH][CH][CH][CH]1.[Fe+2]. The van der Waals surface area contributed by atoms with Crippen molar-refractivity contribution in [3.63, 3.8) is 0 Å². The normalized spacial score (nSPS) is 32.3. The number of aliphatic hydroxyl groups excluding tert-OH is 2. The fourth-order valence-electron chi connectivity index (χ4n) is 3.02. The van der Waals surface area contributed by atoms with Crippen LogP contribution in [-0.2, 0) is 17.1 Å². The number of hydrogen-bond acceptors (Lipinski definition) is 4. The molecule has 4 N–H and O–H groups in total. The van der Waals surface area contributed by atoms with E-state index in [-0.39, 0.29) is 29.2 Å². The Morgan fingerprint density at radius 1 is 0.920 bits per heavy atom. The number of hydrogen-bond donors (Lipinski definition) is 4. The van der Waals surface area contributed by atoms with Crippen LogP contribution < -0.4 is 10.6 Å². The summed E-state index contributed by atoms with van der Waals surface area (Å²) in [6.45, 7) is 3.77. The minimum atomic E-state index is -0.638. The fraction of sp³-hybridized carbons (Fsp3) is 0.500. The molecule has 2 saturated carbocycles. The zero-order valence-corrected chi connectivity index (χ0v) is 15.9. The van der Waals surface area contributed by atoms with Crippen molar-refractivity contribution in [1.29, 1.82) is 0 Å². The monoisotopic (exact) mass is 386 g/mol. The molecule has 1 heterocycles. The molecule has 4 atom stereocenters. The van der Waals surface area contributed by atoms with Gasteiger partial charge < -0.3 is 20.8 Å². The molecule has 5 heteroatoms. The van der Waals surface area contributed by atoms with Gasteiger partial charge in [0, 0.05) is 12.1 Å². The van der Waals surface area contributed by atoms with Gasteiger partial charge in [-0.2, -0.15) is 0 Å². The quantitative estimate of drug-likeness (QED) is 0.393. The van der Waals surface area contributed by atoms with E-state index < -0.39 is 12.2 Å². The van der Waals surface area contributed by atoms with Crippen LogP contribution in [0.1, 0.15) is 26.2 Å². The summed E-state index contributed by atoms with van der Waals surface area (Å²) in [7, 11) is 0. The summed E-state index contributed by atoms with van der Waals surface area (Å²) in [5.74, 6) is 1.40. The number of aliphatic hydroxyl groups is 2. The molecule has 0 spiro atoms. The second-order valence-electron chi connectivity index (χ2n) is 6.44. The fourth-order valence-corrected chi connectivity index (χ4v) is 3.02. The van der Waals surface area contributed by atoms with Crippen LogP contribution >= 0.6 is 0 Å². The van der Waals surface area contributed by atoms with E-state index in [1.807, 2.05) is 39.0 Å². The Morgan fingerprint density at radius 2 is 1.52 bits per heavy atom. The van der Waals surface area contributed by atoms with Crippen LogP contribution in [0.4, 0.5) is 0 Å². The van der Waals surface area contributed by atoms with Crippen LogP contribution in [0.15, 0.2) is 0 Å².